The lowest BCUT2D eigenvalue weighted by atomic mass is 9.78. The summed E-state index contributed by atoms with van der Waals surface area (Å²) in [5, 5.41) is 8.95. The van der Waals surface area contributed by atoms with E-state index in [0.29, 0.717) is 12.2 Å². The van der Waals surface area contributed by atoms with Crippen LogP contribution < -0.4 is 0 Å². The van der Waals surface area contributed by atoms with Gasteiger partial charge in [-0.1, -0.05) is 51.5 Å². The predicted octanol–water partition coefficient (Wildman–Crippen LogP) is 4.94. The average Bonchev–Trinajstić information content (AvgIpc) is 2.59. The number of nitriles is 1. The van der Waals surface area contributed by atoms with Crippen molar-refractivity contribution in [2.45, 2.75) is 26.2 Å². The van der Waals surface area contributed by atoms with Crippen LogP contribution >= 0.6 is 0 Å². The summed E-state index contributed by atoms with van der Waals surface area (Å²) in [6, 6.07) is 2.31. The molecule has 1 saturated heterocycles. The first-order valence-electron chi connectivity index (χ1n) is 8.55. The minimum absolute atomic E-state index is 0.156. The summed E-state index contributed by atoms with van der Waals surface area (Å²) in [5.41, 5.74) is 2.65. The molecular weight excluding hydrogens is 308 g/mol. The Morgan fingerprint density at radius 1 is 1.28 bits per heavy atom. The fourth-order valence-corrected chi connectivity index (χ4v) is 2.85. The average molecular weight is 338 g/mol. The first-order valence-corrected chi connectivity index (χ1v) is 8.55. The van der Waals surface area contributed by atoms with E-state index in [1.54, 1.807) is 13.2 Å². The minimum atomic E-state index is 0.156. The Kier molecular flexibility index (Phi) is 8.18. The summed E-state index contributed by atoms with van der Waals surface area (Å²) in [7, 11) is 1.63. The van der Waals surface area contributed by atoms with Crippen LogP contribution in [0.15, 0.2) is 73.1 Å². The molecule has 0 spiro atoms. The Hall–Kier alpha value is -2.31. The number of methoxy groups -OCH3 is 1. The van der Waals surface area contributed by atoms with Crippen molar-refractivity contribution in [3.8, 4) is 6.07 Å². The van der Waals surface area contributed by atoms with Crippen LogP contribution in [-0.4, -0.2) is 31.6 Å². The number of hydrogen-bond acceptors (Lipinski definition) is 3. The third-order valence-corrected chi connectivity index (χ3v) is 4.67. The molecule has 1 fully saturated rings. The van der Waals surface area contributed by atoms with Gasteiger partial charge in [-0.3, -0.25) is 4.90 Å². The molecule has 134 valence electrons. The molecule has 3 nitrogen and oxygen atoms in total. The molecule has 3 heteroatoms. The van der Waals surface area contributed by atoms with E-state index in [0.717, 1.165) is 49.2 Å². The molecule has 0 saturated carbocycles. The van der Waals surface area contributed by atoms with Gasteiger partial charge in [-0.05, 0) is 48.6 Å². The maximum atomic E-state index is 8.95. The highest BCUT2D eigenvalue weighted by atomic mass is 16.5. The Morgan fingerprint density at radius 2 is 1.92 bits per heavy atom. The quantitative estimate of drug-likeness (QED) is 0.441. The van der Waals surface area contributed by atoms with Crippen molar-refractivity contribution in [2.24, 2.45) is 5.41 Å². The SMILES string of the molecule is C=C/C=C\C(=C)C(=C)/C(=C\C(=C)CN1CCC(C)(CC#N)CC1)OC. The van der Waals surface area contributed by atoms with Crippen LogP contribution in [0.4, 0.5) is 0 Å². The highest BCUT2D eigenvalue weighted by Crippen LogP contribution is 2.34. The van der Waals surface area contributed by atoms with Gasteiger partial charge in [0.1, 0.15) is 5.76 Å². The Morgan fingerprint density at radius 3 is 2.44 bits per heavy atom. The molecule has 1 aliphatic rings. The molecule has 0 aromatic carbocycles. The van der Waals surface area contributed by atoms with Gasteiger partial charge < -0.3 is 4.74 Å². The van der Waals surface area contributed by atoms with Gasteiger partial charge in [0.15, 0.2) is 0 Å². The van der Waals surface area contributed by atoms with Crippen molar-refractivity contribution in [3.63, 3.8) is 0 Å². The van der Waals surface area contributed by atoms with E-state index < -0.39 is 0 Å². The van der Waals surface area contributed by atoms with Gasteiger partial charge in [0.05, 0.1) is 13.2 Å². The Bertz CT molecular complexity index is 623. The van der Waals surface area contributed by atoms with E-state index in [9.17, 15) is 0 Å². The third kappa shape index (κ3) is 6.60. The fourth-order valence-electron chi connectivity index (χ4n) is 2.85. The first kappa shape index (κ1) is 20.7. The van der Waals surface area contributed by atoms with E-state index in [4.69, 9.17) is 10.00 Å². The van der Waals surface area contributed by atoms with E-state index in [1.807, 2.05) is 18.2 Å². The smallest absolute Gasteiger partial charge is 0.126 e. The van der Waals surface area contributed by atoms with E-state index in [1.165, 1.54) is 0 Å². The van der Waals surface area contributed by atoms with Crippen molar-refractivity contribution >= 4 is 0 Å². The van der Waals surface area contributed by atoms with Crippen molar-refractivity contribution in [3.05, 3.63) is 73.1 Å². The summed E-state index contributed by atoms with van der Waals surface area (Å²) in [6.07, 6.45) is 10.0. The molecule has 1 rings (SSSR count). The molecule has 0 aromatic heterocycles. The van der Waals surface area contributed by atoms with Crippen LogP contribution in [0.25, 0.3) is 0 Å². The normalized spacial score (nSPS) is 17.7. The van der Waals surface area contributed by atoms with Gasteiger partial charge in [-0.2, -0.15) is 5.26 Å². The largest absolute Gasteiger partial charge is 0.496 e. The molecular formula is C22H30N2O. The molecule has 0 aliphatic carbocycles. The lowest BCUT2D eigenvalue weighted by Crippen LogP contribution is -2.39. The molecule has 1 heterocycles. The van der Waals surface area contributed by atoms with Gasteiger partial charge in [-0.25, -0.2) is 0 Å². The number of ether oxygens (including phenoxy) is 1. The lowest BCUT2D eigenvalue weighted by Gasteiger charge is -2.38. The number of rotatable bonds is 9. The standard InChI is InChI=1S/C22H30N2O/c1-7-8-9-19(3)20(4)21(25-6)16-18(2)17-24-14-11-22(5,10-13-23)12-15-24/h7-9,16H,1-4,10-12,14-15,17H2,5-6H3/b9-8-,21-16+. The second-order valence-corrected chi connectivity index (χ2v) is 6.89. The number of nitrogens with zero attached hydrogens (tertiary/aromatic N) is 2. The summed E-state index contributed by atoms with van der Waals surface area (Å²) in [5.74, 6) is 0.676. The lowest BCUT2D eigenvalue weighted by molar-refractivity contribution is 0.130. The highest BCUT2D eigenvalue weighted by molar-refractivity contribution is 5.48. The molecule has 0 unspecified atom stereocenters. The third-order valence-electron chi connectivity index (χ3n) is 4.67. The number of hydrogen-bond donors (Lipinski definition) is 0. The Labute approximate surface area is 153 Å². The summed E-state index contributed by atoms with van der Waals surface area (Å²) in [6.45, 7) is 20.8. The van der Waals surface area contributed by atoms with Gasteiger partial charge in [0, 0.05) is 18.5 Å². The summed E-state index contributed by atoms with van der Waals surface area (Å²) < 4.78 is 5.46. The molecule has 0 bridgehead atoms. The summed E-state index contributed by atoms with van der Waals surface area (Å²) >= 11 is 0. The van der Waals surface area contributed by atoms with Gasteiger partial charge in [0.25, 0.3) is 0 Å². The zero-order valence-electron chi connectivity index (χ0n) is 15.7. The van der Waals surface area contributed by atoms with Crippen LogP contribution in [0, 0.1) is 16.7 Å². The molecule has 1 aliphatic heterocycles. The Balaban J connectivity index is 2.64. The van der Waals surface area contributed by atoms with Crippen molar-refractivity contribution in [2.75, 3.05) is 26.7 Å². The maximum absolute atomic E-state index is 8.95. The number of piperidine rings is 1. The van der Waals surface area contributed by atoms with E-state index >= 15 is 0 Å². The van der Waals surface area contributed by atoms with Crippen LogP contribution in [0.3, 0.4) is 0 Å². The molecule has 0 amide bonds. The van der Waals surface area contributed by atoms with Crippen molar-refractivity contribution < 1.29 is 4.74 Å². The fraction of sp³-hybridized carbons (Fsp3) is 0.409. The molecule has 25 heavy (non-hydrogen) atoms. The van der Waals surface area contributed by atoms with Gasteiger partial charge in [0.2, 0.25) is 0 Å². The van der Waals surface area contributed by atoms with E-state index in [2.05, 4.69) is 44.2 Å². The second-order valence-electron chi connectivity index (χ2n) is 6.89. The zero-order valence-corrected chi connectivity index (χ0v) is 15.7. The second kappa shape index (κ2) is 9.86. The molecule has 0 N–H and O–H groups in total. The number of likely N-dealkylation sites (tertiary alicyclic amines) is 1. The van der Waals surface area contributed by atoms with Crippen molar-refractivity contribution in [1.82, 2.24) is 4.90 Å². The van der Waals surface area contributed by atoms with Crippen molar-refractivity contribution in [1.29, 1.82) is 5.26 Å². The van der Waals surface area contributed by atoms with E-state index in [-0.39, 0.29) is 5.41 Å². The number of allylic oxidation sites excluding steroid dienone is 4. The first-order chi connectivity index (χ1) is 11.8. The zero-order chi connectivity index (χ0) is 18.9. The predicted molar refractivity (Wildman–Crippen MR) is 106 cm³/mol. The minimum Gasteiger partial charge on any atom is -0.496 e. The molecule has 0 radical (unpaired) electrons. The van der Waals surface area contributed by atoms with Crippen LogP contribution in [0.2, 0.25) is 0 Å². The topological polar surface area (TPSA) is 36.3 Å². The monoisotopic (exact) mass is 338 g/mol. The van der Waals surface area contributed by atoms with Crippen LogP contribution in [0.5, 0.6) is 0 Å². The van der Waals surface area contributed by atoms with Gasteiger partial charge in [-0.15, -0.1) is 0 Å². The highest BCUT2D eigenvalue weighted by Gasteiger charge is 2.29. The maximum Gasteiger partial charge on any atom is 0.126 e. The van der Waals surface area contributed by atoms with Crippen LogP contribution in [-0.2, 0) is 4.74 Å². The van der Waals surface area contributed by atoms with Gasteiger partial charge >= 0.3 is 0 Å². The molecule has 0 atom stereocenters. The summed E-state index contributed by atoms with van der Waals surface area (Å²) in [4.78, 5) is 2.38. The van der Waals surface area contributed by atoms with Crippen LogP contribution in [0.1, 0.15) is 26.2 Å². The molecule has 0 aromatic rings.